The molecule has 6 rings (SSSR count). The van der Waals surface area contributed by atoms with Crippen LogP contribution in [0.15, 0.2) is 146 Å². The molecule has 0 saturated carbocycles. The molecule has 1 fully saturated rings. The molecule has 51 heavy (non-hydrogen) atoms. The van der Waals surface area contributed by atoms with Gasteiger partial charge in [-0.3, -0.25) is 10.1 Å². The van der Waals surface area contributed by atoms with Gasteiger partial charge in [0.25, 0.3) is 5.69 Å². The molecular weight excluding hydrogens is 650 g/mol. The van der Waals surface area contributed by atoms with Gasteiger partial charge in [0.2, 0.25) is 6.29 Å². The van der Waals surface area contributed by atoms with E-state index >= 15 is 0 Å². The highest BCUT2D eigenvalue weighted by atomic mass is 16.7. The van der Waals surface area contributed by atoms with Crippen molar-refractivity contribution < 1.29 is 38.1 Å². The molecule has 0 spiro atoms. The van der Waals surface area contributed by atoms with Crippen LogP contribution in [0.3, 0.4) is 0 Å². The molecule has 5 aromatic carbocycles. The van der Waals surface area contributed by atoms with Gasteiger partial charge in [-0.05, 0) is 34.4 Å². The molecule has 0 amide bonds. The van der Waals surface area contributed by atoms with Crippen LogP contribution in [0.25, 0.3) is 0 Å². The molecule has 10 nitrogen and oxygen atoms in total. The van der Waals surface area contributed by atoms with E-state index in [-0.39, 0.29) is 37.7 Å². The van der Waals surface area contributed by atoms with Crippen LogP contribution in [0, 0.1) is 10.1 Å². The highest BCUT2D eigenvalue weighted by Crippen LogP contribution is 2.32. The molecule has 0 bridgehead atoms. The quantitative estimate of drug-likeness (QED) is 0.0592. The van der Waals surface area contributed by atoms with Crippen LogP contribution in [-0.2, 0) is 54.8 Å². The van der Waals surface area contributed by atoms with Gasteiger partial charge in [0, 0.05) is 12.1 Å². The minimum Gasteiger partial charge on any atom is -0.429 e. The lowest BCUT2D eigenvalue weighted by Gasteiger charge is -2.45. The fraction of sp³-hybridized carbons (Fsp3) is 0.244. The Morgan fingerprint density at radius 1 is 0.569 bits per heavy atom. The predicted molar refractivity (Wildman–Crippen MR) is 188 cm³/mol. The third-order valence-electron chi connectivity index (χ3n) is 8.38. The van der Waals surface area contributed by atoms with Crippen molar-refractivity contribution in [3.8, 4) is 0 Å². The number of esters is 1. The normalized spacial score (nSPS) is 20.0. The number of nitrogens with zero attached hydrogens (tertiary/aromatic N) is 1. The molecule has 0 radical (unpaired) electrons. The first kappa shape index (κ1) is 35.6. The number of nitro benzene ring substituents is 1. The zero-order valence-electron chi connectivity index (χ0n) is 27.9. The smallest absolute Gasteiger partial charge is 0.340 e. The van der Waals surface area contributed by atoms with Gasteiger partial charge in [0.15, 0.2) is 0 Å². The van der Waals surface area contributed by atoms with Gasteiger partial charge < -0.3 is 28.4 Å². The zero-order valence-corrected chi connectivity index (χ0v) is 27.9. The monoisotopic (exact) mass is 689 g/mol. The van der Waals surface area contributed by atoms with Crippen molar-refractivity contribution in [1.82, 2.24) is 0 Å². The molecule has 0 aliphatic carbocycles. The number of hydrogen-bond donors (Lipinski definition) is 0. The fourth-order valence-electron chi connectivity index (χ4n) is 5.73. The number of carbonyl (C=O) groups excluding carboxylic acids is 1. The summed E-state index contributed by atoms with van der Waals surface area (Å²) in [4.78, 5) is 24.3. The van der Waals surface area contributed by atoms with Crippen LogP contribution in [0.5, 0.6) is 0 Å². The summed E-state index contributed by atoms with van der Waals surface area (Å²) in [6.07, 6.45) is -4.43. The van der Waals surface area contributed by atoms with Crippen molar-refractivity contribution in [3.05, 3.63) is 184 Å². The Labute approximate surface area is 296 Å². The summed E-state index contributed by atoms with van der Waals surface area (Å²) in [6, 6.07) is 44.1. The van der Waals surface area contributed by atoms with E-state index in [4.69, 9.17) is 28.4 Å². The molecular formula is C41H39NO9. The summed E-state index contributed by atoms with van der Waals surface area (Å²) < 4.78 is 38.6. The van der Waals surface area contributed by atoms with Gasteiger partial charge in [-0.1, -0.05) is 121 Å². The van der Waals surface area contributed by atoms with Crippen molar-refractivity contribution in [2.75, 3.05) is 6.61 Å². The SMILES string of the molecule is O=C(O[C@@H]1O[C@H](COCc2ccccc2)[C@H](OCc2ccccc2)[C@H](OCc2ccccc2)[C@H]1OCc1ccccc1)c1ccc([N+](=O)[O-])cc1. The van der Waals surface area contributed by atoms with Gasteiger partial charge in [0.1, 0.15) is 24.4 Å². The maximum Gasteiger partial charge on any atom is 0.340 e. The van der Waals surface area contributed by atoms with Crippen LogP contribution in [-0.4, -0.2) is 48.2 Å². The van der Waals surface area contributed by atoms with E-state index in [0.717, 1.165) is 22.3 Å². The Morgan fingerprint density at radius 3 is 1.47 bits per heavy atom. The van der Waals surface area contributed by atoms with Crippen molar-refractivity contribution in [3.63, 3.8) is 0 Å². The van der Waals surface area contributed by atoms with E-state index in [1.807, 2.05) is 121 Å². The van der Waals surface area contributed by atoms with Crippen molar-refractivity contribution in [2.45, 2.75) is 57.1 Å². The number of ether oxygens (including phenoxy) is 6. The predicted octanol–water partition coefficient (Wildman–Crippen LogP) is 7.45. The summed E-state index contributed by atoms with van der Waals surface area (Å²) >= 11 is 0. The Bertz CT molecular complexity index is 1790. The standard InChI is InChI=1S/C41H39NO9/c43-40(34-21-23-35(24-22-34)42(44)45)51-41-39(49-28-33-19-11-4-12-20-33)38(48-27-32-17-9-3-10-18-32)37(47-26-31-15-7-2-8-16-31)36(50-41)29-46-25-30-13-5-1-6-14-30/h1-24,36-39,41H,25-29H2/t36-,37+,38+,39-,41+/m1/s1. The van der Waals surface area contributed by atoms with E-state index in [1.165, 1.54) is 24.3 Å². The fourth-order valence-corrected chi connectivity index (χ4v) is 5.73. The molecule has 1 aliphatic rings. The van der Waals surface area contributed by atoms with E-state index in [1.54, 1.807) is 0 Å². The largest absolute Gasteiger partial charge is 0.429 e. The van der Waals surface area contributed by atoms with E-state index in [2.05, 4.69) is 0 Å². The molecule has 0 N–H and O–H groups in total. The first-order valence-electron chi connectivity index (χ1n) is 16.7. The first-order valence-corrected chi connectivity index (χ1v) is 16.7. The second-order valence-electron chi connectivity index (χ2n) is 12.0. The second kappa shape index (κ2) is 18.1. The van der Waals surface area contributed by atoms with Crippen molar-refractivity contribution in [2.24, 2.45) is 0 Å². The van der Waals surface area contributed by atoms with E-state index in [9.17, 15) is 14.9 Å². The summed E-state index contributed by atoms with van der Waals surface area (Å²) in [5.74, 6) is -0.738. The minimum atomic E-state index is -1.25. The van der Waals surface area contributed by atoms with Crippen LogP contribution in [0.1, 0.15) is 32.6 Å². The third kappa shape index (κ3) is 10.2. The summed E-state index contributed by atoms with van der Waals surface area (Å²) in [7, 11) is 0. The Morgan fingerprint density at radius 2 is 1.00 bits per heavy atom. The van der Waals surface area contributed by atoms with Crippen LogP contribution < -0.4 is 0 Å². The lowest BCUT2D eigenvalue weighted by atomic mass is 9.97. The van der Waals surface area contributed by atoms with E-state index in [0.29, 0.717) is 6.61 Å². The lowest BCUT2D eigenvalue weighted by Crippen LogP contribution is -2.62. The van der Waals surface area contributed by atoms with Crippen LogP contribution in [0.4, 0.5) is 5.69 Å². The number of nitro groups is 1. The Kier molecular flexibility index (Phi) is 12.7. The maximum absolute atomic E-state index is 13.6. The van der Waals surface area contributed by atoms with Crippen LogP contribution >= 0.6 is 0 Å². The average Bonchev–Trinajstić information content (AvgIpc) is 3.18. The number of non-ortho nitro benzene ring substituents is 1. The minimum absolute atomic E-state index is 0.0938. The van der Waals surface area contributed by atoms with Gasteiger partial charge >= 0.3 is 5.97 Å². The lowest BCUT2D eigenvalue weighted by molar-refractivity contribution is -0.384. The third-order valence-corrected chi connectivity index (χ3v) is 8.38. The molecule has 5 atom stereocenters. The summed E-state index contributed by atoms with van der Waals surface area (Å²) in [5.41, 5.74) is 3.74. The van der Waals surface area contributed by atoms with Gasteiger partial charge in [-0.2, -0.15) is 0 Å². The van der Waals surface area contributed by atoms with Crippen molar-refractivity contribution in [1.29, 1.82) is 0 Å². The first-order chi connectivity index (χ1) is 25.0. The Balaban J connectivity index is 1.32. The van der Waals surface area contributed by atoms with Gasteiger partial charge in [-0.15, -0.1) is 0 Å². The summed E-state index contributed by atoms with van der Waals surface area (Å²) in [6.45, 7) is 1.07. The van der Waals surface area contributed by atoms with Crippen LogP contribution in [0.2, 0.25) is 0 Å². The highest BCUT2D eigenvalue weighted by Gasteiger charge is 2.50. The Hall–Kier alpha value is -5.23. The van der Waals surface area contributed by atoms with Crippen molar-refractivity contribution >= 4 is 11.7 Å². The second-order valence-corrected chi connectivity index (χ2v) is 12.0. The molecule has 0 aromatic heterocycles. The number of rotatable bonds is 16. The van der Waals surface area contributed by atoms with Gasteiger partial charge in [-0.25, -0.2) is 4.79 Å². The molecule has 5 aromatic rings. The molecule has 0 unspecified atom stereocenters. The molecule has 1 heterocycles. The number of carbonyl (C=O) groups is 1. The molecule has 1 saturated heterocycles. The average molecular weight is 690 g/mol. The molecule has 1 aliphatic heterocycles. The number of hydrogen-bond acceptors (Lipinski definition) is 9. The topological polar surface area (TPSA) is 116 Å². The van der Waals surface area contributed by atoms with E-state index < -0.39 is 41.6 Å². The molecule has 10 heteroatoms. The van der Waals surface area contributed by atoms with Gasteiger partial charge in [0.05, 0.1) is 43.5 Å². The zero-order chi connectivity index (χ0) is 35.3. The maximum atomic E-state index is 13.6. The highest BCUT2D eigenvalue weighted by molar-refractivity contribution is 5.89. The summed E-state index contributed by atoms with van der Waals surface area (Å²) in [5, 5.41) is 11.2. The number of benzene rings is 5. The molecule has 262 valence electrons.